The SMILES string of the molecule is CC(C)C#P.CC(C)C1=PC(C(C)C)=P1.[Ni]. The maximum absolute atomic E-state index is 3.77. The summed E-state index contributed by atoms with van der Waals surface area (Å²) >= 11 is 0. The van der Waals surface area contributed by atoms with Gasteiger partial charge in [0.25, 0.3) is 0 Å². The Hall–Kier alpha value is 1.04. The van der Waals surface area contributed by atoms with Gasteiger partial charge in [0, 0.05) is 26.6 Å². The van der Waals surface area contributed by atoms with E-state index in [9.17, 15) is 0 Å². The molecule has 1 aliphatic heterocycles. The first kappa shape index (κ1) is 19.4. The van der Waals surface area contributed by atoms with Gasteiger partial charge in [-0.1, -0.05) is 44.1 Å². The summed E-state index contributed by atoms with van der Waals surface area (Å²) in [6, 6.07) is 0. The normalized spacial score (nSPS) is 15.0. The minimum atomic E-state index is 0. The van der Waals surface area contributed by atoms with Crippen LogP contribution in [-0.2, 0) is 16.5 Å². The first-order valence-electron chi connectivity index (χ1n) is 5.45. The molecule has 0 fully saturated rings. The average molecular weight is 317 g/mol. The summed E-state index contributed by atoms with van der Waals surface area (Å²) in [5.41, 5.74) is 2.72. The van der Waals surface area contributed by atoms with E-state index in [4.69, 9.17) is 0 Å². The van der Waals surface area contributed by atoms with Gasteiger partial charge < -0.3 is 0 Å². The van der Waals surface area contributed by atoms with Crippen molar-refractivity contribution >= 4 is 35.2 Å². The molecule has 0 bridgehead atoms. The van der Waals surface area contributed by atoms with Crippen LogP contribution < -0.4 is 0 Å². The van der Waals surface area contributed by atoms with Gasteiger partial charge in [0.2, 0.25) is 0 Å². The standard InChI is InChI=1S/C8H14P2.C4H7P.Ni/c1-5(2)7-9-8(10-7)6(3)4;1-4(2)3-5;/h5-6H,1-4H3;4H,1-2H3;. The smallest absolute Gasteiger partial charge is 0.0104 e. The molecule has 0 aromatic heterocycles. The van der Waals surface area contributed by atoms with E-state index in [1.807, 2.05) is 13.8 Å². The molecule has 4 heteroatoms. The van der Waals surface area contributed by atoms with E-state index in [1.54, 1.807) is 26.5 Å². The molecular weight excluding hydrogens is 296 g/mol. The molecule has 16 heavy (non-hydrogen) atoms. The fraction of sp³-hybridized carbons (Fsp3) is 0.750. The monoisotopic (exact) mass is 316 g/mol. The summed E-state index contributed by atoms with van der Waals surface area (Å²) < 4.78 is 0. The van der Waals surface area contributed by atoms with Crippen LogP contribution in [0.25, 0.3) is 0 Å². The van der Waals surface area contributed by atoms with Crippen LogP contribution in [0.1, 0.15) is 41.5 Å². The Morgan fingerprint density at radius 1 is 0.875 bits per heavy atom. The maximum Gasteiger partial charge on any atom is 0.0104 e. The van der Waals surface area contributed by atoms with Crippen molar-refractivity contribution in [1.29, 1.82) is 0 Å². The molecule has 0 aliphatic carbocycles. The van der Waals surface area contributed by atoms with Crippen LogP contribution >= 0.6 is 25.1 Å². The Balaban J connectivity index is 0. The van der Waals surface area contributed by atoms with Crippen molar-refractivity contribution in [2.24, 2.45) is 17.8 Å². The van der Waals surface area contributed by atoms with Crippen molar-refractivity contribution in [3.63, 3.8) is 0 Å². The van der Waals surface area contributed by atoms with Crippen LogP contribution in [0.5, 0.6) is 0 Å². The van der Waals surface area contributed by atoms with Gasteiger partial charge in [0.05, 0.1) is 0 Å². The average Bonchev–Trinajstić information content (AvgIpc) is 2.00. The van der Waals surface area contributed by atoms with Crippen molar-refractivity contribution in [1.82, 2.24) is 0 Å². The van der Waals surface area contributed by atoms with Crippen LogP contribution in [0.15, 0.2) is 0 Å². The zero-order valence-corrected chi connectivity index (χ0v) is 14.6. The third-order valence-corrected chi connectivity index (χ3v) is 6.45. The van der Waals surface area contributed by atoms with Crippen molar-refractivity contribution in [3.05, 3.63) is 0 Å². The molecule has 0 saturated carbocycles. The van der Waals surface area contributed by atoms with E-state index in [0.717, 1.165) is 11.8 Å². The Morgan fingerprint density at radius 2 is 1.12 bits per heavy atom. The second-order valence-electron chi connectivity index (χ2n) is 4.53. The van der Waals surface area contributed by atoms with Gasteiger partial charge in [-0.3, -0.25) is 0 Å². The summed E-state index contributed by atoms with van der Waals surface area (Å²) in [4.78, 5) is 0. The van der Waals surface area contributed by atoms with Gasteiger partial charge in [-0.2, -0.15) is 0 Å². The Kier molecular flexibility index (Phi) is 12.1. The third-order valence-electron chi connectivity index (χ3n) is 1.75. The molecule has 0 N–H and O–H groups in total. The first-order chi connectivity index (χ1) is 6.88. The molecule has 0 aromatic rings. The molecule has 0 atom stereocenters. The fourth-order valence-electron chi connectivity index (χ4n) is 0.756. The van der Waals surface area contributed by atoms with E-state index in [1.165, 1.54) is 0 Å². The Morgan fingerprint density at radius 3 is 1.25 bits per heavy atom. The summed E-state index contributed by atoms with van der Waals surface area (Å²) in [6.07, 6.45) is 0. The minimum absolute atomic E-state index is 0. The molecule has 1 rings (SSSR count). The molecule has 0 unspecified atom stereocenters. The van der Waals surface area contributed by atoms with Gasteiger partial charge in [0.15, 0.2) is 0 Å². The summed E-state index contributed by atoms with van der Waals surface area (Å²) in [5.74, 6) is 2.09. The third kappa shape index (κ3) is 8.18. The van der Waals surface area contributed by atoms with Gasteiger partial charge in [-0.15, -0.1) is 0 Å². The zero-order chi connectivity index (χ0) is 12.0. The van der Waals surface area contributed by atoms with E-state index in [2.05, 4.69) is 42.0 Å². The topological polar surface area (TPSA) is 0 Å². The largest absolute Gasteiger partial charge is 0.0588 e. The summed E-state index contributed by atoms with van der Waals surface area (Å²) in [5, 5.41) is 3.40. The summed E-state index contributed by atoms with van der Waals surface area (Å²) in [6.45, 7) is 13.2. The number of rotatable bonds is 2. The van der Waals surface area contributed by atoms with Gasteiger partial charge in [0.1, 0.15) is 0 Å². The molecular formula is C12H21NiP3. The van der Waals surface area contributed by atoms with Crippen LogP contribution in [0.2, 0.25) is 0 Å². The predicted molar refractivity (Wildman–Crippen MR) is 79.2 cm³/mol. The van der Waals surface area contributed by atoms with Crippen molar-refractivity contribution in [2.75, 3.05) is 0 Å². The molecule has 0 nitrogen and oxygen atoms in total. The van der Waals surface area contributed by atoms with Crippen LogP contribution in [0.3, 0.4) is 0 Å². The van der Waals surface area contributed by atoms with Gasteiger partial charge >= 0.3 is 34.1 Å². The Bertz CT molecular complexity index is 268. The number of hydrogen-bond acceptors (Lipinski definition) is 0. The molecule has 0 aromatic carbocycles. The zero-order valence-electron chi connectivity index (χ0n) is 10.9. The molecule has 0 saturated heterocycles. The minimum Gasteiger partial charge on any atom is -0.0588 e. The van der Waals surface area contributed by atoms with Crippen molar-refractivity contribution < 1.29 is 16.5 Å². The van der Waals surface area contributed by atoms with E-state index < -0.39 is 0 Å². The molecule has 1 aliphatic rings. The van der Waals surface area contributed by atoms with Crippen molar-refractivity contribution in [3.8, 4) is 5.63 Å². The molecule has 94 valence electrons. The van der Waals surface area contributed by atoms with E-state index >= 15 is 0 Å². The van der Waals surface area contributed by atoms with Crippen LogP contribution in [0, 0.1) is 23.4 Å². The Labute approximate surface area is 116 Å². The van der Waals surface area contributed by atoms with Gasteiger partial charge in [-0.25, -0.2) is 0 Å². The molecule has 0 radical (unpaired) electrons. The summed E-state index contributed by atoms with van der Waals surface area (Å²) in [7, 11) is 6.86. The van der Waals surface area contributed by atoms with Crippen LogP contribution in [-0.4, -0.2) is 10.1 Å². The second kappa shape index (κ2) is 10.0. The quantitative estimate of drug-likeness (QED) is 0.468. The van der Waals surface area contributed by atoms with Gasteiger partial charge in [-0.05, 0) is 11.8 Å². The fourth-order valence-corrected chi connectivity index (χ4v) is 3.26. The van der Waals surface area contributed by atoms with Crippen LogP contribution in [0.4, 0.5) is 0 Å². The molecule has 1 heterocycles. The maximum atomic E-state index is 3.77. The van der Waals surface area contributed by atoms with E-state index in [0.29, 0.717) is 5.92 Å². The molecule has 0 amide bonds. The second-order valence-corrected chi connectivity index (χ2v) is 7.87. The van der Waals surface area contributed by atoms with Crippen molar-refractivity contribution in [2.45, 2.75) is 41.5 Å². The molecule has 0 spiro atoms. The number of hydrogen-bond donors (Lipinski definition) is 0. The van der Waals surface area contributed by atoms with E-state index in [-0.39, 0.29) is 16.5 Å². The first-order valence-corrected chi connectivity index (χ1v) is 7.68. The predicted octanol–water partition coefficient (Wildman–Crippen LogP) is 5.47.